The first-order valence-electron chi connectivity index (χ1n) is 5.33. The molecule has 96 valence electrons. The number of nitrogen functional groups attached to an aromatic ring is 1. The van der Waals surface area contributed by atoms with Crippen molar-refractivity contribution in [1.29, 1.82) is 0 Å². The third-order valence-corrected chi connectivity index (χ3v) is 1.99. The summed E-state index contributed by atoms with van der Waals surface area (Å²) >= 11 is 0. The molecule has 0 radical (unpaired) electrons. The van der Waals surface area contributed by atoms with Gasteiger partial charge in [-0.1, -0.05) is 0 Å². The summed E-state index contributed by atoms with van der Waals surface area (Å²) in [5.74, 6) is 0.782. The first-order chi connectivity index (χ1) is 8.19. The van der Waals surface area contributed by atoms with Gasteiger partial charge in [0.1, 0.15) is 12.0 Å². The number of nitrogens with one attached hydrogen (secondary N) is 1. The molecule has 1 rings (SSSR count). The minimum absolute atomic E-state index is 0.246. The Morgan fingerprint density at radius 3 is 2.94 bits per heavy atom. The summed E-state index contributed by atoms with van der Waals surface area (Å²) in [6, 6.07) is 0. The zero-order valence-corrected chi connectivity index (χ0v) is 10.0. The maximum Gasteiger partial charge on any atom is 0.242 e. The number of methoxy groups -OCH3 is 1. The molecule has 1 aromatic rings. The summed E-state index contributed by atoms with van der Waals surface area (Å²) in [6.07, 6.45) is 0.733. The summed E-state index contributed by atoms with van der Waals surface area (Å²) < 4.78 is 10.0. The smallest absolute Gasteiger partial charge is 0.242 e. The van der Waals surface area contributed by atoms with E-state index in [2.05, 4.69) is 15.3 Å². The van der Waals surface area contributed by atoms with Crippen molar-refractivity contribution in [2.45, 2.75) is 13.0 Å². The Bertz CT molecular complexity index is 348. The zero-order chi connectivity index (χ0) is 12.7. The normalized spacial score (nSPS) is 12.2. The Balaban J connectivity index is 2.61. The largest absolute Gasteiger partial charge is 0.476 e. The number of aliphatic hydroxyl groups excluding tert-OH is 1. The van der Waals surface area contributed by atoms with Gasteiger partial charge in [-0.25, -0.2) is 4.98 Å². The van der Waals surface area contributed by atoms with Gasteiger partial charge in [-0.3, -0.25) is 0 Å². The van der Waals surface area contributed by atoms with E-state index < -0.39 is 6.10 Å². The zero-order valence-electron chi connectivity index (χ0n) is 10.0. The molecule has 4 N–H and O–H groups in total. The van der Waals surface area contributed by atoms with Crippen LogP contribution in [0.1, 0.15) is 6.92 Å². The van der Waals surface area contributed by atoms with Gasteiger partial charge in [-0.05, 0) is 6.92 Å². The molecule has 0 aliphatic carbocycles. The number of hydrogen-bond donors (Lipinski definition) is 3. The van der Waals surface area contributed by atoms with Crippen molar-refractivity contribution >= 4 is 11.5 Å². The SMILES string of the molecule is CCOc1ncnc(NCC(O)COC)c1N. The minimum atomic E-state index is -0.620. The summed E-state index contributed by atoms with van der Waals surface area (Å²) in [7, 11) is 1.52. The number of ether oxygens (including phenoxy) is 2. The van der Waals surface area contributed by atoms with E-state index in [4.69, 9.17) is 15.2 Å². The molecule has 7 nitrogen and oxygen atoms in total. The predicted octanol–water partition coefficient (Wildman–Crippen LogP) is -0.123. The maximum absolute atomic E-state index is 9.47. The number of anilines is 2. The van der Waals surface area contributed by atoms with Crippen LogP contribution in [0.5, 0.6) is 5.88 Å². The van der Waals surface area contributed by atoms with Crippen LogP contribution in [0.2, 0.25) is 0 Å². The Morgan fingerprint density at radius 2 is 2.29 bits per heavy atom. The van der Waals surface area contributed by atoms with Crippen molar-refractivity contribution in [2.24, 2.45) is 0 Å². The van der Waals surface area contributed by atoms with E-state index in [0.717, 1.165) is 0 Å². The molecule has 0 amide bonds. The fourth-order valence-corrected chi connectivity index (χ4v) is 1.24. The molecule has 0 aromatic carbocycles. The molecule has 0 saturated heterocycles. The van der Waals surface area contributed by atoms with E-state index in [-0.39, 0.29) is 6.61 Å². The van der Waals surface area contributed by atoms with Crippen LogP contribution >= 0.6 is 0 Å². The lowest BCUT2D eigenvalue weighted by Gasteiger charge is -2.13. The number of aromatic nitrogens is 2. The van der Waals surface area contributed by atoms with Gasteiger partial charge in [0, 0.05) is 13.7 Å². The van der Waals surface area contributed by atoms with E-state index in [0.29, 0.717) is 30.5 Å². The van der Waals surface area contributed by atoms with Crippen LogP contribution in [-0.4, -0.2) is 48.0 Å². The van der Waals surface area contributed by atoms with Crippen molar-refractivity contribution in [3.8, 4) is 5.88 Å². The molecule has 1 atom stereocenters. The van der Waals surface area contributed by atoms with Gasteiger partial charge in [0.25, 0.3) is 0 Å². The van der Waals surface area contributed by atoms with Gasteiger partial charge in [-0.2, -0.15) is 4.98 Å². The highest BCUT2D eigenvalue weighted by atomic mass is 16.5. The van der Waals surface area contributed by atoms with E-state index >= 15 is 0 Å². The first kappa shape index (κ1) is 13.5. The lowest BCUT2D eigenvalue weighted by atomic mass is 10.3. The van der Waals surface area contributed by atoms with Crippen LogP contribution in [0, 0.1) is 0 Å². The van der Waals surface area contributed by atoms with Crippen molar-refractivity contribution < 1.29 is 14.6 Å². The van der Waals surface area contributed by atoms with Crippen molar-refractivity contribution in [3.63, 3.8) is 0 Å². The standard InChI is InChI=1S/C10H18N4O3/c1-3-17-10-8(11)9(13-6-14-10)12-4-7(15)5-16-2/h6-7,15H,3-5,11H2,1-2H3,(H,12,13,14). The molecule has 0 saturated carbocycles. The fraction of sp³-hybridized carbons (Fsp3) is 0.600. The summed E-state index contributed by atoms with van der Waals surface area (Å²) in [5, 5.41) is 12.4. The topological polar surface area (TPSA) is 103 Å². The number of hydrogen-bond acceptors (Lipinski definition) is 7. The molecule has 7 heteroatoms. The van der Waals surface area contributed by atoms with Gasteiger partial charge < -0.3 is 25.6 Å². The third kappa shape index (κ3) is 4.04. The molecule has 0 aliphatic rings. The van der Waals surface area contributed by atoms with Crippen molar-refractivity contribution in [2.75, 3.05) is 37.9 Å². The highest BCUT2D eigenvalue weighted by Gasteiger charge is 2.10. The lowest BCUT2D eigenvalue weighted by Crippen LogP contribution is -2.25. The Kier molecular flexibility index (Phi) is 5.44. The summed E-state index contributed by atoms with van der Waals surface area (Å²) in [6.45, 7) is 2.86. The number of nitrogens with two attached hydrogens (primary N) is 1. The van der Waals surface area contributed by atoms with Crippen LogP contribution in [0.25, 0.3) is 0 Å². The second-order valence-corrected chi connectivity index (χ2v) is 3.36. The summed E-state index contributed by atoms with van der Waals surface area (Å²) in [4.78, 5) is 7.88. The van der Waals surface area contributed by atoms with Crippen LogP contribution < -0.4 is 15.8 Å². The predicted molar refractivity (Wildman–Crippen MR) is 64.0 cm³/mol. The highest BCUT2D eigenvalue weighted by molar-refractivity contribution is 5.66. The quantitative estimate of drug-likeness (QED) is 0.612. The third-order valence-electron chi connectivity index (χ3n) is 1.99. The molecule has 1 heterocycles. The molecule has 1 unspecified atom stereocenters. The lowest BCUT2D eigenvalue weighted by molar-refractivity contribution is 0.0727. The monoisotopic (exact) mass is 242 g/mol. The minimum Gasteiger partial charge on any atom is -0.476 e. The van der Waals surface area contributed by atoms with E-state index in [9.17, 15) is 5.11 Å². The van der Waals surface area contributed by atoms with Crippen LogP contribution in [-0.2, 0) is 4.74 Å². The average molecular weight is 242 g/mol. The van der Waals surface area contributed by atoms with Gasteiger partial charge in [0.2, 0.25) is 5.88 Å². The summed E-state index contributed by atoms with van der Waals surface area (Å²) in [5.41, 5.74) is 6.14. The number of nitrogens with zero attached hydrogens (tertiary/aromatic N) is 2. The second kappa shape index (κ2) is 6.87. The van der Waals surface area contributed by atoms with Gasteiger partial charge in [-0.15, -0.1) is 0 Å². The molecule has 1 aromatic heterocycles. The van der Waals surface area contributed by atoms with Gasteiger partial charge in [0.05, 0.1) is 19.3 Å². The molecular formula is C10H18N4O3. The van der Waals surface area contributed by atoms with Crippen molar-refractivity contribution in [3.05, 3.63) is 6.33 Å². The average Bonchev–Trinajstić information content (AvgIpc) is 2.31. The first-order valence-corrected chi connectivity index (χ1v) is 5.33. The van der Waals surface area contributed by atoms with Gasteiger partial charge in [0.15, 0.2) is 5.82 Å². The fourth-order valence-electron chi connectivity index (χ4n) is 1.24. The Morgan fingerprint density at radius 1 is 1.53 bits per heavy atom. The second-order valence-electron chi connectivity index (χ2n) is 3.36. The van der Waals surface area contributed by atoms with Crippen LogP contribution in [0.3, 0.4) is 0 Å². The van der Waals surface area contributed by atoms with E-state index in [1.807, 2.05) is 6.92 Å². The number of aliphatic hydroxyl groups is 1. The number of rotatable bonds is 7. The van der Waals surface area contributed by atoms with Crippen molar-refractivity contribution in [1.82, 2.24) is 9.97 Å². The van der Waals surface area contributed by atoms with E-state index in [1.165, 1.54) is 13.4 Å². The Labute approximate surface area is 100.0 Å². The molecule has 17 heavy (non-hydrogen) atoms. The molecule has 0 aliphatic heterocycles. The van der Waals surface area contributed by atoms with Gasteiger partial charge >= 0.3 is 0 Å². The van der Waals surface area contributed by atoms with Crippen LogP contribution in [0.15, 0.2) is 6.33 Å². The molecule has 0 fully saturated rings. The highest BCUT2D eigenvalue weighted by Crippen LogP contribution is 2.24. The van der Waals surface area contributed by atoms with Crippen LogP contribution in [0.4, 0.5) is 11.5 Å². The Hall–Kier alpha value is -1.60. The van der Waals surface area contributed by atoms with E-state index in [1.54, 1.807) is 0 Å². The maximum atomic E-state index is 9.47. The molecule has 0 spiro atoms. The molecular weight excluding hydrogens is 224 g/mol. The molecule has 0 bridgehead atoms.